The molecular weight excluding hydrogens is 196 g/mol. The first-order chi connectivity index (χ1) is 7.27. The Morgan fingerprint density at radius 2 is 2.53 bits per heavy atom. The summed E-state index contributed by atoms with van der Waals surface area (Å²) in [5.41, 5.74) is 0.203. The minimum Gasteiger partial charge on any atom is -0.461 e. The van der Waals surface area contributed by atoms with Gasteiger partial charge in [0.15, 0.2) is 5.69 Å². The number of rotatable bonds is 5. The molecule has 0 N–H and O–H groups in total. The van der Waals surface area contributed by atoms with E-state index in [9.17, 15) is 4.79 Å². The average Bonchev–Trinajstić information content (AvgIpc) is 2.67. The van der Waals surface area contributed by atoms with E-state index in [-0.39, 0.29) is 5.69 Å². The van der Waals surface area contributed by atoms with E-state index in [2.05, 4.69) is 10.3 Å². The van der Waals surface area contributed by atoms with Crippen LogP contribution in [0.1, 0.15) is 30.3 Å². The van der Waals surface area contributed by atoms with Crippen molar-refractivity contribution in [3.8, 4) is 6.07 Å². The lowest BCUT2D eigenvalue weighted by Gasteiger charge is -1.96. The maximum atomic E-state index is 11.2. The van der Waals surface area contributed by atoms with Crippen molar-refractivity contribution in [1.82, 2.24) is 15.0 Å². The number of carbonyl (C=O) groups is 1. The normalized spacial score (nSPS) is 9.60. The van der Waals surface area contributed by atoms with Gasteiger partial charge in [0.05, 0.1) is 18.9 Å². The van der Waals surface area contributed by atoms with Gasteiger partial charge >= 0.3 is 5.97 Å². The van der Waals surface area contributed by atoms with Gasteiger partial charge in [-0.3, -0.25) is 4.68 Å². The molecule has 0 aliphatic carbocycles. The molecule has 0 spiro atoms. The zero-order valence-corrected chi connectivity index (χ0v) is 8.51. The highest BCUT2D eigenvalue weighted by Crippen LogP contribution is 1.98. The molecule has 0 amide bonds. The summed E-state index contributed by atoms with van der Waals surface area (Å²) in [7, 11) is 0. The predicted octanol–water partition coefficient (Wildman–Crippen LogP) is 0.759. The van der Waals surface area contributed by atoms with Gasteiger partial charge in [-0.05, 0) is 13.3 Å². The summed E-state index contributed by atoms with van der Waals surface area (Å²) in [6.07, 6.45) is 2.69. The number of nitriles is 1. The molecule has 0 atom stereocenters. The summed E-state index contributed by atoms with van der Waals surface area (Å²) in [6, 6.07) is 2.03. The van der Waals surface area contributed by atoms with E-state index in [1.807, 2.05) is 6.07 Å². The molecule has 0 aliphatic heterocycles. The second-order valence-corrected chi connectivity index (χ2v) is 2.85. The van der Waals surface area contributed by atoms with E-state index in [0.717, 1.165) is 0 Å². The highest BCUT2D eigenvalue weighted by molar-refractivity contribution is 5.86. The zero-order valence-electron chi connectivity index (χ0n) is 8.51. The Labute approximate surface area is 87.4 Å². The molecule has 1 rings (SSSR count). The SMILES string of the molecule is CCOC(=O)c1cn(CCCC#N)nn1. The third-order valence-electron chi connectivity index (χ3n) is 1.70. The second-order valence-electron chi connectivity index (χ2n) is 2.85. The van der Waals surface area contributed by atoms with Crippen molar-refractivity contribution in [2.45, 2.75) is 26.3 Å². The van der Waals surface area contributed by atoms with Crippen LogP contribution < -0.4 is 0 Å². The molecule has 0 saturated carbocycles. The van der Waals surface area contributed by atoms with Crippen LogP contribution in [0.3, 0.4) is 0 Å². The summed E-state index contributed by atoms with van der Waals surface area (Å²) >= 11 is 0. The maximum Gasteiger partial charge on any atom is 0.360 e. The quantitative estimate of drug-likeness (QED) is 0.527. The van der Waals surface area contributed by atoms with Crippen molar-refractivity contribution < 1.29 is 9.53 Å². The minimum absolute atomic E-state index is 0.203. The van der Waals surface area contributed by atoms with Gasteiger partial charge < -0.3 is 4.74 Å². The number of carbonyl (C=O) groups excluding carboxylic acids is 1. The van der Waals surface area contributed by atoms with E-state index < -0.39 is 5.97 Å². The third-order valence-corrected chi connectivity index (χ3v) is 1.70. The first-order valence-electron chi connectivity index (χ1n) is 4.72. The molecule has 0 saturated heterocycles. The molecule has 6 nitrogen and oxygen atoms in total. The molecule has 0 unspecified atom stereocenters. The Morgan fingerprint density at radius 1 is 1.73 bits per heavy atom. The molecule has 0 radical (unpaired) electrons. The summed E-state index contributed by atoms with van der Waals surface area (Å²) in [5, 5.41) is 15.8. The fraction of sp³-hybridized carbons (Fsp3) is 0.556. The Bertz CT molecular complexity index is 366. The standard InChI is InChI=1S/C9H12N4O2/c1-2-15-9(14)8-7-13(12-11-8)6-4-3-5-10/h7H,2-4,6H2,1H3. The molecule has 80 valence electrons. The molecule has 0 aliphatic rings. The monoisotopic (exact) mass is 208 g/mol. The number of esters is 1. The molecule has 0 bridgehead atoms. The lowest BCUT2D eigenvalue weighted by atomic mass is 10.3. The number of nitrogens with zero attached hydrogens (tertiary/aromatic N) is 4. The van der Waals surface area contributed by atoms with Crippen molar-refractivity contribution in [1.29, 1.82) is 5.26 Å². The van der Waals surface area contributed by atoms with Crippen LogP contribution in [0, 0.1) is 11.3 Å². The Hall–Kier alpha value is -1.90. The van der Waals surface area contributed by atoms with E-state index in [1.165, 1.54) is 10.9 Å². The van der Waals surface area contributed by atoms with Crippen LogP contribution in [0.4, 0.5) is 0 Å². The molecule has 1 heterocycles. The summed E-state index contributed by atoms with van der Waals surface area (Å²) < 4.78 is 6.29. The van der Waals surface area contributed by atoms with Gasteiger partial charge in [-0.2, -0.15) is 5.26 Å². The Kier molecular flexibility index (Phi) is 4.29. The molecule has 0 aromatic carbocycles. The lowest BCUT2D eigenvalue weighted by Crippen LogP contribution is -2.04. The molecule has 15 heavy (non-hydrogen) atoms. The fourth-order valence-electron chi connectivity index (χ4n) is 1.03. The minimum atomic E-state index is -0.468. The smallest absolute Gasteiger partial charge is 0.360 e. The maximum absolute atomic E-state index is 11.2. The Balaban J connectivity index is 2.49. The van der Waals surface area contributed by atoms with Gasteiger partial charge in [0.1, 0.15) is 0 Å². The first-order valence-corrected chi connectivity index (χ1v) is 4.72. The number of aromatic nitrogens is 3. The molecule has 1 aromatic heterocycles. The molecule has 1 aromatic rings. The molecular formula is C9H12N4O2. The van der Waals surface area contributed by atoms with Crippen molar-refractivity contribution >= 4 is 5.97 Å². The van der Waals surface area contributed by atoms with Crippen molar-refractivity contribution in [2.75, 3.05) is 6.61 Å². The largest absolute Gasteiger partial charge is 0.461 e. The van der Waals surface area contributed by atoms with Crippen LogP contribution >= 0.6 is 0 Å². The van der Waals surface area contributed by atoms with Crippen LogP contribution in [0.15, 0.2) is 6.20 Å². The van der Waals surface area contributed by atoms with Gasteiger partial charge in [0, 0.05) is 13.0 Å². The van der Waals surface area contributed by atoms with E-state index >= 15 is 0 Å². The van der Waals surface area contributed by atoms with Crippen LogP contribution in [0.5, 0.6) is 0 Å². The number of ether oxygens (including phenoxy) is 1. The lowest BCUT2D eigenvalue weighted by molar-refractivity contribution is 0.0519. The highest BCUT2D eigenvalue weighted by atomic mass is 16.5. The summed E-state index contributed by atoms with van der Waals surface area (Å²) in [4.78, 5) is 11.2. The van der Waals surface area contributed by atoms with E-state index in [4.69, 9.17) is 10.00 Å². The highest BCUT2D eigenvalue weighted by Gasteiger charge is 2.10. The van der Waals surface area contributed by atoms with Crippen molar-refractivity contribution in [3.63, 3.8) is 0 Å². The van der Waals surface area contributed by atoms with Gasteiger partial charge in [0.25, 0.3) is 0 Å². The van der Waals surface area contributed by atoms with Gasteiger partial charge in [-0.15, -0.1) is 5.10 Å². The average molecular weight is 208 g/mol. The number of hydrogen-bond donors (Lipinski definition) is 0. The van der Waals surface area contributed by atoms with Gasteiger partial charge in [-0.1, -0.05) is 5.21 Å². The number of aryl methyl sites for hydroxylation is 1. The summed E-state index contributed by atoms with van der Waals surface area (Å²) in [5.74, 6) is -0.468. The fourth-order valence-corrected chi connectivity index (χ4v) is 1.03. The zero-order chi connectivity index (χ0) is 11.1. The van der Waals surface area contributed by atoms with Crippen molar-refractivity contribution in [3.05, 3.63) is 11.9 Å². The van der Waals surface area contributed by atoms with Gasteiger partial charge in [-0.25, -0.2) is 4.79 Å². The van der Waals surface area contributed by atoms with Crippen LogP contribution in [-0.4, -0.2) is 27.6 Å². The van der Waals surface area contributed by atoms with Crippen LogP contribution in [0.2, 0.25) is 0 Å². The molecule has 6 heteroatoms. The molecule has 0 fully saturated rings. The predicted molar refractivity (Wildman–Crippen MR) is 50.8 cm³/mol. The number of unbranched alkanes of at least 4 members (excludes halogenated alkanes) is 1. The number of hydrogen-bond acceptors (Lipinski definition) is 5. The van der Waals surface area contributed by atoms with Crippen LogP contribution in [0.25, 0.3) is 0 Å². The van der Waals surface area contributed by atoms with Crippen molar-refractivity contribution in [2.24, 2.45) is 0 Å². The van der Waals surface area contributed by atoms with E-state index in [0.29, 0.717) is 26.0 Å². The topological polar surface area (TPSA) is 80.8 Å². The third kappa shape index (κ3) is 3.38. The van der Waals surface area contributed by atoms with Gasteiger partial charge in [0.2, 0.25) is 0 Å². The summed E-state index contributed by atoms with van der Waals surface area (Å²) in [6.45, 7) is 2.63. The Morgan fingerprint density at radius 3 is 3.20 bits per heavy atom. The van der Waals surface area contributed by atoms with E-state index in [1.54, 1.807) is 6.92 Å². The second kappa shape index (κ2) is 5.75. The van der Waals surface area contributed by atoms with Crippen LogP contribution in [-0.2, 0) is 11.3 Å². The first kappa shape index (κ1) is 11.2.